The molecule has 21 heavy (non-hydrogen) atoms. The van der Waals surface area contributed by atoms with Gasteiger partial charge in [0.2, 0.25) is 0 Å². The fourth-order valence-corrected chi connectivity index (χ4v) is 4.25. The van der Waals surface area contributed by atoms with Crippen molar-refractivity contribution < 1.29 is 0 Å². The third-order valence-electron chi connectivity index (χ3n) is 5.78. The number of benzene rings is 1. The predicted molar refractivity (Wildman–Crippen MR) is 89.3 cm³/mol. The molecular formula is C19H30N2. The van der Waals surface area contributed by atoms with Crippen molar-refractivity contribution in [3.63, 3.8) is 0 Å². The largest absolute Gasteiger partial charge is 0.309 e. The Morgan fingerprint density at radius 3 is 2.43 bits per heavy atom. The Morgan fingerprint density at radius 2 is 1.81 bits per heavy atom. The lowest BCUT2D eigenvalue weighted by Crippen LogP contribution is -2.61. The normalized spacial score (nSPS) is 36.8. The molecule has 1 saturated heterocycles. The maximum Gasteiger partial charge on any atom is 0.0476 e. The van der Waals surface area contributed by atoms with Gasteiger partial charge < -0.3 is 5.32 Å². The van der Waals surface area contributed by atoms with Crippen molar-refractivity contribution in [3.05, 3.63) is 35.9 Å². The maximum absolute atomic E-state index is 3.74. The second kappa shape index (κ2) is 5.73. The Labute approximate surface area is 129 Å². The average molecular weight is 286 g/mol. The molecule has 1 aromatic rings. The molecule has 2 aliphatic rings. The molecule has 0 radical (unpaired) electrons. The lowest BCUT2D eigenvalue weighted by molar-refractivity contribution is 0.0365. The third kappa shape index (κ3) is 3.02. The lowest BCUT2D eigenvalue weighted by atomic mass is 9.89. The zero-order chi connectivity index (χ0) is 15.0. The van der Waals surface area contributed by atoms with Gasteiger partial charge in [-0.3, -0.25) is 4.90 Å². The van der Waals surface area contributed by atoms with Gasteiger partial charge in [0.25, 0.3) is 0 Å². The van der Waals surface area contributed by atoms with Crippen molar-refractivity contribution in [2.24, 2.45) is 11.8 Å². The fourth-order valence-electron chi connectivity index (χ4n) is 4.25. The van der Waals surface area contributed by atoms with Crippen LogP contribution < -0.4 is 5.32 Å². The quantitative estimate of drug-likeness (QED) is 0.888. The second-order valence-corrected chi connectivity index (χ2v) is 7.84. The molecule has 0 spiro atoms. The van der Waals surface area contributed by atoms with E-state index in [1.54, 1.807) is 0 Å². The maximum atomic E-state index is 3.74. The molecule has 0 aromatic heterocycles. The highest BCUT2D eigenvalue weighted by Gasteiger charge is 2.42. The average Bonchev–Trinajstić information content (AvgIpc) is 2.79. The summed E-state index contributed by atoms with van der Waals surface area (Å²) in [6.45, 7) is 11.8. The zero-order valence-corrected chi connectivity index (χ0v) is 14.0. The molecule has 2 heteroatoms. The van der Waals surface area contributed by atoms with Crippen LogP contribution in [0, 0.1) is 11.8 Å². The minimum Gasteiger partial charge on any atom is -0.309 e. The first-order valence-corrected chi connectivity index (χ1v) is 8.54. The summed E-state index contributed by atoms with van der Waals surface area (Å²) in [5, 5.41) is 3.74. The van der Waals surface area contributed by atoms with Crippen molar-refractivity contribution >= 4 is 0 Å². The van der Waals surface area contributed by atoms with Gasteiger partial charge >= 0.3 is 0 Å². The van der Waals surface area contributed by atoms with E-state index in [1.165, 1.54) is 18.4 Å². The van der Waals surface area contributed by atoms with Crippen LogP contribution in [0.1, 0.15) is 52.1 Å². The van der Waals surface area contributed by atoms with Gasteiger partial charge in [0, 0.05) is 30.7 Å². The summed E-state index contributed by atoms with van der Waals surface area (Å²) in [5.74, 6) is 1.68. The van der Waals surface area contributed by atoms with Gasteiger partial charge in [-0.15, -0.1) is 0 Å². The van der Waals surface area contributed by atoms with Crippen molar-refractivity contribution in [2.45, 2.75) is 58.2 Å². The zero-order valence-electron chi connectivity index (χ0n) is 14.0. The molecule has 1 saturated carbocycles. The Bertz CT molecular complexity index is 468. The van der Waals surface area contributed by atoms with Crippen LogP contribution in [0.4, 0.5) is 0 Å². The summed E-state index contributed by atoms with van der Waals surface area (Å²) < 4.78 is 0. The second-order valence-electron chi connectivity index (χ2n) is 7.84. The van der Waals surface area contributed by atoms with E-state index < -0.39 is 0 Å². The monoisotopic (exact) mass is 286 g/mol. The molecular weight excluding hydrogens is 256 g/mol. The first kappa shape index (κ1) is 15.1. The molecule has 3 rings (SSSR count). The first-order chi connectivity index (χ1) is 9.98. The fraction of sp³-hybridized carbons (Fsp3) is 0.684. The standard InChI is InChI=1S/C19H30N2/c1-14-10-11-17(15(14)2)21-13-19(3,4)20-12-18(21)16-8-6-5-7-9-16/h5-9,14-15,17-18,20H,10-13H2,1-4H3. The smallest absolute Gasteiger partial charge is 0.0476 e. The minimum absolute atomic E-state index is 0.219. The van der Waals surface area contributed by atoms with Crippen molar-refractivity contribution in [1.82, 2.24) is 10.2 Å². The van der Waals surface area contributed by atoms with E-state index in [4.69, 9.17) is 0 Å². The number of hydrogen-bond donors (Lipinski definition) is 1. The van der Waals surface area contributed by atoms with Gasteiger partial charge in [-0.2, -0.15) is 0 Å². The lowest BCUT2D eigenvalue weighted by Gasteiger charge is -2.49. The van der Waals surface area contributed by atoms with Crippen LogP contribution in [0.3, 0.4) is 0 Å². The molecule has 116 valence electrons. The molecule has 1 aliphatic carbocycles. The van der Waals surface area contributed by atoms with Gasteiger partial charge in [-0.05, 0) is 44.1 Å². The number of rotatable bonds is 2. The Hall–Kier alpha value is -0.860. The Kier molecular flexibility index (Phi) is 4.11. The van der Waals surface area contributed by atoms with Crippen molar-refractivity contribution in [2.75, 3.05) is 13.1 Å². The predicted octanol–water partition coefficient (Wildman–Crippen LogP) is 3.85. The molecule has 2 nitrogen and oxygen atoms in total. The van der Waals surface area contributed by atoms with Crippen LogP contribution in [0.15, 0.2) is 30.3 Å². The van der Waals surface area contributed by atoms with Crippen molar-refractivity contribution in [1.29, 1.82) is 0 Å². The highest BCUT2D eigenvalue weighted by atomic mass is 15.3. The Balaban J connectivity index is 1.87. The van der Waals surface area contributed by atoms with Crippen LogP contribution in [0.2, 0.25) is 0 Å². The summed E-state index contributed by atoms with van der Waals surface area (Å²) in [7, 11) is 0. The Morgan fingerprint density at radius 1 is 1.10 bits per heavy atom. The summed E-state index contributed by atoms with van der Waals surface area (Å²) in [6, 6.07) is 12.3. The van der Waals surface area contributed by atoms with Crippen LogP contribution in [0.25, 0.3) is 0 Å². The van der Waals surface area contributed by atoms with E-state index in [0.29, 0.717) is 6.04 Å². The van der Waals surface area contributed by atoms with E-state index in [1.807, 2.05) is 0 Å². The SMILES string of the molecule is CC1CCC(N2CC(C)(C)NCC2c2ccccc2)C1C. The van der Waals surface area contributed by atoms with Gasteiger partial charge in [-0.1, -0.05) is 44.2 Å². The summed E-state index contributed by atoms with van der Waals surface area (Å²) in [5.41, 5.74) is 1.68. The van der Waals surface area contributed by atoms with E-state index in [9.17, 15) is 0 Å². The molecule has 4 unspecified atom stereocenters. The molecule has 0 amide bonds. The molecule has 2 fully saturated rings. The highest BCUT2D eigenvalue weighted by Crippen LogP contribution is 2.40. The van der Waals surface area contributed by atoms with Crippen molar-refractivity contribution in [3.8, 4) is 0 Å². The van der Waals surface area contributed by atoms with E-state index in [2.05, 4.69) is 68.2 Å². The number of piperazine rings is 1. The first-order valence-electron chi connectivity index (χ1n) is 8.54. The molecule has 1 aromatic carbocycles. The third-order valence-corrected chi connectivity index (χ3v) is 5.78. The van der Waals surface area contributed by atoms with Gasteiger partial charge in [0.1, 0.15) is 0 Å². The molecule has 4 atom stereocenters. The minimum atomic E-state index is 0.219. The van der Waals surface area contributed by atoms with Crippen LogP contribution in [-0.2, 0) is 0 Å². The van der Waals surface area contributed by atoms with E-state index >= 15 is 0 Å². The van der Waals surface area contributed by atoms with Crippen LogP contribution in [-0.4, -0.2) is 29.6 Å². The molecule has 1 heterocycles. The van der Waals surface area contributed by atoms with E-state index in [-0.39, 0.29) is 5.54 Å². The van der Waals surface area contributed by atoms with Crippen LogP contribution >= 0.6 is 0 Å². The number of nitrogens with zero attached hydrogens (tertiary/aromatic N) is 1. The van der Waals surface area contributed by atoms with Gasteiger partial charge in [-0.25, -0.2) is 0 Å². The summed E-state index contributed by atoms with van der Waals surface area (Å²) >= 11 is 0. The van der Waals surface area contributed by atoms with E-state index in [0.717, 1.165) is 31.0 Å². The van der Waals surface area contributed by atoms with Gasteiger partial charge in [0.15, 0.2) is 0 Å². The van der Waals surface area contributed by atoms with Crippen LogP contribution in [0.5, 0.6) is 0 Å². The number of nitrogens with one attached hydrogen (secondary N) is 1. The highest BCUT2D eigenvalue weighted by molar-refractivity contribution is 5.21. The number of hydrogen-bond acceptors (Lipinski definition) is 2. The molecule has 0 bridgehead atoms. The summed E-state index contributed by atoms with van der Waals surface area (Å²) in [4.78, 5) is 2.81. The topological polar surface area (TPSA) is 15.3 Å². The van der Waals surface area contributed by atoms with Gasteiger partial charge in [0.05, 0.1) is 0 Å². The molecule has 1 aliphatic heterocycles. The summed E-state index contributed by atoms with van der Waals surface area (Å²) in [6.07, 6.45) is 2.75. The molecule has 1 N–H and O–H groups in total.